The summed E-state index contributed by atoms with van der Waals surface area (Å²) in [5, 5.41) is 6.76. The Morgan fingerprint density at radius 2 is 2.22 bits per heavy atom. The molecule has 0 saturated heterocycles. The average molecular weight is 245 g/mol. The van der Waals surface area contributed by atoms with Gasteiger partial charge in [-0.3, -0.25) is 14.9 Å². The van der Waals surface area contributed by atoms with Crippen molar-refractivity contribution in [3.8, 4) is 0 Å². The number of amides is 1. The van der Waals surface area contributed by atoms with E-state index in [1.165, 1.54) is 0 Å². The first-order valence-electron chi connectivity index (χ1n) is 5.62. The Labute approximate surface area is 105 Å². The number of carbonyl (C=O) groups excluding carboxylic acids is 1. The quantitative estimate of drug-likeness (QED) is 0.878. The lowest BCUT2D eigenvalue weighted by molar-refractivity contribution is 0.0781. The fourth-order valence-electron chi connectivity index (χ4n) is 1.64. The zero-order valence-corrected chi connectivity index (χ0v) is 10.6. The first-order valence-corrected chi connectivity index (χ1v) is 5.62. The third-order valence-corrected chi connectivity index (χ3v) is 2.51. The molecule has 0 bridgehead atoms. The monoisotopic (exact) mass is 245 g/mol. The summed E-state index contributed by atoms with van der Waals surface area (Å²) in [4.78, 5) is 22.0. The van der Waals surface area contributed by atoms with Crippen LogP contribution in [0.1, 0.15) is 27.7 Å². The smallest absolute Gasteiger partial charge is 0.254 e. The molecule has 0 spiro atoms. The number of aromatic nitrogens is 4. The minimum absolute atomic E-state index is 0.0667. The van der Waals surface area contributed by atoms with Gasteiger partial charge in [-0.1, -0.05) is 0 Å². The highest BCUT2D eigenvalue weighted by Gasteiger charge is 2.14. The molecular weight excluding hydrogens is 230 g/mol. The van der Waals surface area contributed by atoms with Gasteiger partial charge in [-0.15, -0.1) is 0 Å². The normalized spacial score (nSPS) is 10.4. The van der Waals surface area contributed by atoms with E-state index in [4.69, 9.17) is 0 Å². The minimum Gasteiger partial charge on any atom is -0.334 e. The molecular formula is C12H15N5O. The van der Waals surface area contributed by atoms with Crippen LogP contribution in [0.3, 0.4) is 0 Å². The summed E-state index contributed by atoms with van der Waals surface area (Å²) >= 11 is 0. The van der Waals surface area contributed by atoms with E-state index in [9.17, 15) is 4.79 Å². The molecule has 0 atom stereocenters. The number of nitrogens with zero attached hydrogens (tertiary/aromatic N) is 4. The summed E-state index contributed by atoms with van der Waals surface area (Å²) in [5.74, 6) is 1.28. The van der Waals surface area contributed by atoms with Gasteiger partial charge in [0, 0.05) is 24.5 Å². The van der Waals surface area contributed by atoms with Crippen LogP contribution >= 0.6 is 0 Å². The second-order valence-corrected chi connectivity index (χ2v) is 4.18. The standard InChI is InChI=1S/C12H15N5O/c1-8-6-10(4-5-13-8)12(18)17(3)7-11-14-9(2)15-16-11/h4-6H,7H2,1-3H3,(H,14,15,16). The van der Waals surface area contributed by atoms with E-state index in [-0.39, 0.29) is 5.91 Å². The Balaban J connectivity index is 2.09. The number of pyridine rings is 1. The maximum atomic E-state index is 12.1. The lowest BCUT2D eigenvalue weighted by Gasteiger charge is -2.15. The van der Waals surface area contributed by atoms with Gasteiger partial charge < -0.3 is 4.90 Å². The van der Waals surface area contributed by atoms with Crippen LogP contribution in [0.2, 0.25) is 0 Å². The summed E-state index contributed by atoms with van der Waals surface area (Å²) in [6.45, 7) is 4.06. The van der Waals surface area contributed by atoms with Crippen LogP contribution in [0.15, 0.2) is 18.3 Å². The van der Waals surface area contributed by atoms with Crippen LogP contribution in [0.4, 0.5) is 0 Å². The Morgan fingerprint density at radius 3 is 2.83 bits per heavy atom. The molecule has 18 heavy (non-hydrogen) atoms. The first-order chi connectivity index (χ1) is 8.56. The SMILES string of the molecule is Cc1cc(C(=O)N(C)Cc2n[nH]c(C)n2)ccn1. The predicted molar refractivity (Wildman–Crippen MR) is 65.9 cm³/mol. The molecule has 0 fully saturated rings. The van der Waals surface area contributed by atoms with Crippen LogP contribution in [-0.2, 0) is 6.54 Å². The number of aromatic amines is 1. The van der Waals surface area contributed by atoms with Crippen molar-refractivity contribution in [3.63, 3.8) is 0 Å². The molecule has 0 aliphatic carbocycles. The number of rotatable bonds is 3. The molecule has 0 unspecified atom stereocenters. The lowest BCUT2D eigenvalue weighted by atomic mass is 10.2. The molecule has 2 heterocycles. The average Bonchev–Trinajstić information content (AvgIpc) is 2.73. The highest BCUT2D eigenvalue weighted by molar-refractivity contribution is 5.93. The number of hydrogen-bond donors (Lipinski definition) is 1. The molecule has 0 aliphatic rings. The molecule has 0 aliphatic heterocycles. The van der Waals surface area contributed by atoms with E-state index < -0.39 is 0 Å². The lowest BCUT2D eigenvalue weighted by Crippen LogP contribution is -2.26. The second-order valence-electron chi connectivity index (χ2n) is 4.18. The van der Waals surface area contributed by atoms with Gasteiger partial charge in [0.15, 0.2) is 5.82 Å². The fraction of sp³-hybridized carbons (Fsp3) is 0.333. The Morgan fingerprint density at radius 1 is 1.44 bits per heavy atom. The van der Waals surface area contributed by atoms with Crippen LogP contribution in [0.25, 0.3) is 0 Å². The van der Waals surface area contributed by atoms with Crippen molar-refractivity contribution in [2.45, 2.75) is 20.4 Å². The first kappa shape index (κ1) is 12.2. The number of carbonyl (C=O) groups is 1. The largest absolute Gasteiger partial charge is 0.334 e. The van der Waals surface area contributed by atoms with Gasteiger partial charge in [-0.2, -0.15) is 5.10 Å². The van der Waals surface area contributed by atoms with E-state index >= 15 is 0 Å². The summed E-state index contributed by atoms with van der Waals surface area (Å²) in [6.07, 6.45) is 1.63. The number of aryl methyl sites for hydroxylation is 2. The van der Waals surface area contributed by atoms with Crippen molar-refractivity contribution in [2.24, 2.45) is 0 Å². The molecule has 0 saturated carbocycles. The third kappa shape index (κ3) is 2.71. The van der Waals surface area contributed by atoms with E-state index in [0.29, 0.717) is 17.9 Å². The topological polar surface area (TPSA) is 74.8 Å². The maximum Gasteiger partial charge on any atom is 0.254 e. The third-order valence-electron chi connectivity index (χ3n) is 2.51. The van der Waals surface area contributed by atoms with Gasteiger partial charge in [-0.25, -0.2) is 4.98 Å². The summed E-state index contributed by atoms with van der Waals surface area (Å²) in [7, 11) is 1.73. The van der Waals surface area contributed by atoms with Crippen molar-refractivity contribution >= 4 is 5.91 Å². The van der Waals surface area contributed by atoms with Crippen molar-refractivity contribution in [2.75, 3.05) is 7.05 Å². The molecule has 6 heteroatoms. The van der Waals surface area contributed by atoms with Gasteiger partial charge in [0.25, 0.3) is 5.91 Å². The van der Waals surface area contributed by atoms with Crippen molar-refractivity contribution in [1.82, 2.24) is 25.1 Å². The molecule has 0 aromatic carbocycles. The second kappa shape index (κ2) is 4.95. The summed E-state index contributed by atoms with van der Waals surface area (Å²) in [5.41, 5.74) is 1.44. The van der Waals surface area contributed by atoms with Crippen LogP contribution in [0, 0.1) is 13.8 Å². The molecule has 94 valence electrons. The van der Waals surface area contributed by atoms with Crippen molar-refractivity contribution in [1.29, 1.82) is 0 Å². The van der Waals surface area contributed by atoms with Crippen LogP contribution in [-0.4, -0.2) is 38.0 Å². The van der Waals surface area contributed by atoms with Gasteiger partial charge in [0.05, 0.1) is 6.54 Å². The van der Waals surface area contributed by atoms with Crippen LogP contribution in [0.5, 0.6) is 0 Å². The zero-order chi connectivity index (χ0) is 13.1. The van der Waals surface area contributed by atoms with E-state index in [1.54, 1.807) is 30.3 Å². The summed E-state index contributed by atoms with van der Waals surface area (Å²) < 4.78 is 0. The Bertz CT molecular complexity index is 563. The summed E-state index contributed by atoms with van der Waals surface area (Å²) in [6, 6.07) is 3.47. The molecule has 0 radical (unpaired) electrons. The molecule has 6 nitrogen and oxygen atoms in total. The van der Waals surface area contributed by atoms with Gasteiger partial charge in [-0.05, 0) is 26.0 Å². The predicted octanol–water partition coefficient (Wildman–Crippen LogP) is 1.09. The molecule has 2 rings (SSSR count). The highest BCUT2D eigenvalue weighted by Crippen LogP contribution is 2.06. The van der Waals surface area contributed by atoms with E-state index in [1.807, 2.05) is 13.8 Å². The molecule has 1 amide bonds. The van der Waals surface area contributed by atoms with Gasteiger partial charge in [0.2, 0.25) is 0 Å². The van der Waals surface area contributed by atoms with Gasteiger partial charge in [0.1, 0.15) is 5.82 Å². The minimum atomic E-state index is -0.0667. The molecule has 2 aromatic heterocycles. The van der Waals surface area contributed by atoms with Gasteiger partial charge >= 0.3 is 0 Å². The highest BCUT2D eigenvalue weighted by atomic mass is 16.2. The Kier molecular flexibility index (Phi) is 3.36. The number of hydrogen-bond acceptors (Lipinski definition) is 4. The molecule has 1 N–H and O–H groups in total. The zero-order valence-electron chi connectivity index (χ0n) is 10.6. The Hall–Kier alpha value is -2.24. The number of H-pyrrole nitrogens is 1. The molecule has 2 aromatic rings. The number of nitrogens with one attached hydrogen (secondary N) is 1. The van der Waals surface area contributed by atoms with E-state index in [0.717, 1.165) is 11.5 Å². The maximum absolute atomic E-state index is 12.1. The van der Waals surface area contributed by atoms with Crippen molar-refractivity contribution in [3.05, 3.63) is 41.2 Å². The van der Waals surface area contributed by atoms with Crippen LogP contribution < -0.4 is 0 Å². The van der Waals surface area contributed by atoms with E-state index in [2.05, 4.69) is 20.2 Å². The van der Waals surface area contributed by atoms with Crippen molar-refractivity contribution < 1.29 is 4.79 Å². The fourth-order valence-corrected chi connectivity index (χ4v) is 1.64.